The number of ether oxygens (including phenoxy) is 1. The van der Waals surface area contributed by atoms with E-state index in [4.69, 9.17) is 4.74 Å². The molecule has 2 heterocycles. The Morgan fingerprint density at radius 1 is 1.18 bits per heavy atom. The molecular formula is C29H35F2N4O4+. The minimum Gasteiger partial charge on any atom is -0.492 e. The maximum absolute atomic E-state index is 15.0. The fraction of sp³-hybridized carbons (Fsp3) is 0.483. The minimum atomic E-state index is -1.22. The molecule has 4 rings (SSSR count). The monoisotopic (exact) mass is 541 g/mol. The predicted molar refractivity (Wildman–Crippen MR) is 140 cm³/mol. The highest BCUT2D eigenvalue weighted by atomic mass is 19.1. The standard InChI is InChI=1S/C29H34F2N4O4/c1-29(2,31)17-34-9-7-18(8-10-34)16-39-26-6-4-19(11-21(26)14-32)20-3-5-23(24(30)12-20)28(38)35-15-22(36)13-25(35)27(33)37/h3-6,11-12,18,22,25,36H,7-10,13,15-17H2,1-2H3,(H2,33,37)/p+1. The number of hydrogen-bond donors (Lipinski definition) is 2. The summed E-state index contributed by atoms with van der Waals surface area (Å²) >= 11 is 0. The lowest BCUT2D eigenvalue weighted by molar-refractivity contribution is -0.310. The first-order valence-corrected chi connectivity index (χ1v) is 13.2. The molecule has 8 nitrogen and oxygen atoms in total. The van der Waals surface area contributed by atoms with Gasteiger partial charge in [-0.15, -0.1) is 0 Å². The number of β-amino-alcohol motifs (C(OH)–C–C–N with tert-alkyl or cyclic N) is 1. The zero-order valence-electron chi connectivity index (χ0n) is 22.3. The Balaban J connectivity index is 1.41. The zero-order chi connectivity index (χ0) is 28.3. The van der Waals surface area contributed by atoms with Crippen LogP contribution < -0.4 is 10.5 Å². The van der Waals surface area contributed by atoms with Gasteiger partial charge in [0.2, 0.25) is 0 Å². The highest BCUT2D eigenvalue weighted by Crippen LogP contribution is 2.30. The van der Waals surface area contributed by atoms with Gasteiger partial charge >= 0.3 is 5.91 Å². The highest BCUT2D eigenvalue weighted by Gasteiger charge is 2.40. The zero-order valence-corrected chi connectivity index (χ0v) is 22.3. The lowest BCUT2D eigenvalue weighted by atomic mass is 9.96. The Morgan fingerprint density at radius 3 is 2.46 bits per heavy atom. The summed E-state index contributed by atoms with van der Waals surface area (Å²) < 4.78 is 34.9. The van der Waals surface area contributed by atoms with E-state index in [9.17, 15) is 24.3 Å². The quantitative estimate of drug-likeness (QED) is 0.530. The topological polar surface area (TPSA) is 122 Å². The van der Waals surface area contributed by atoms with E-state index >= 15 is 4.39 Å². The summed E-state index contributed by atoms with van der Waals surface area (Å²) in [5.41, 5.74) is 3.29. The number of likely N-dealkylation sites (tertiary alicyclic amines) is 2. The van der Waals surface area contributed by atoms with Crippen LogP contribution in [0.1, 0.15) is 49.0 Å². The third-order valence-electron chi connectivity index (χ3n) is 7.33. The van der Waals surface area contributed by atoms with Crippen LogP contribution in [0.5, 0.6) is 5.75 Å². The average Bonchev–Trinajstić information content (AvgIpc) is 3.29. The van der Waals surface area contributed by atoms with Crippen molar-refractivity contribution in [2.75, 3.05) is 32.8 Å². The van der Waals surface area contributed by atoms with Gasteiger partial charge in [-0.2, -0.15) is 5.26 Å². The van der Waals surface area contributed by atoms with Gasteiger partial charge in [0.05, 0.1) is 23.8 Å². The fourth-order valence-corrected chi connectivity index (χ4v) is 5.34. The number of halogens is 2. The number of aliphatic hydroxyl groups is 1. The van der Waals surface area contributed by atoms with Crippen LogP contribution in [0.4, 0.5) is 8.78 Å². The van der Waals surface area contributed by atoms with E-state index < -0.39 is 35.4 Å². The molecule has 0 saturated carbocycles. The van der Waals surface area contributed by atoms with Gasteiger partial charge in [0.15, 0.2) is 0 Å². The number of quaternary nitrogens is 1. The molecule has 0 bridgehead atoms. The first-order valence-electron chi connectivity index (χ1n) is 13.2. The molecule has 0 spiro atoms. The molecule has 10 heteroatoms. The molecule has 0 aliphatic carbocycles. The molecule has 208 valence electrons. The summed E-state index contributed by atoms with van der Waals surface area (Å²) in [6.07, 6.45) is 0.996. The number of hydrogen-bond acceptors (Lipinski definition) is 6. The number of alkyl halides is 1. The van der Waals surface area contributed by atoms with Gasteiger partial charge in [0, 0.05) is 19.5 Å². The van der Waals surface area contributed by atoms with Crippen LogP contribution >= 0.6 is 0 Å². The van der Waals surface area contributed by atoms with Crippen molar-refractivity contribution in [1.82, 2.24) is 9.80 Å². The van der Waals surface area contributed by atoms with Crippen LogP contribution in [-0.2, 0) is 4.79 Å². The molecule has 2 fully saturated rings. The first-order chi connectivity index (χ1) is 18.4. The van der Waals surface area contributed by atoms with Crippen LogP contribution in [0.3, 0.4) is 0 Å². The van der Waals surface area contributed by atoms with Gasteiger partial charge in [0.25, 0.3) is 5.91 Å². The molecule has 2 amide bonds. The molecule has 4 N–H and O–H groups in total. The number of carbonyl (C=O) groups excluding carboxylic acids is 2. The van der Waals surface area contributed by atoms with Gasteiger partial charge in [-0.05, 0) is 81.1 Å². The normalized spacial score (nSPS) is 20.6. The molecule has 0 radical (unpaired) electrons. The van der Waals surface area contributed by atoms with Gasteiger partial charge in [-0.3, -0.25) is 10.5 Å². The Hall–Kier alpha value is -3.39. The number of aliphatic hydroxyl groups excluding tert-OH is 1. The average molecular weight is 542 g/mol. The molecule has 2 aromatic carbocycles. The Kier molecular flexibility index (Phi) is 8.64. The predicted octanol–water partition coefficient (Wildman–Crippen LogP) is 2.55. The lowest BCUT2D eigenvalue weighted by Gasteiger charge is -2.34. The number of nitrogens with zero attached hydrogens (tertiary/aromatic N) is 3. The molecule has 39 heavy (non-hydrogen) atoms. The Labute approximate surface area is 226 Å². The first kappa shape index (κ1) is 28.6. The van der Waals surface area contributed by atoms with Gasteiger partial charge < -0.3 is 19.6 Å². The molecule has 2 aliphatic heterocycles. The second kappa shape index (κ2) is 11.8. The van der Waals surface area contributed by atoms with Crippen molar-refractivity contribution in [3.8, 4) is 22.9 Å². The fourth-order valence-electron chi connectivity index (χ4n) is 5.34. The lowest BCUT2D eigenvalue weighted by Crippen LogP contribution is -2.65. The van der Waals surface area contributed by atoms with Gasteiger partial charge in [0.1, 0.15) is 29.3 Å². The Bertz CT molecular complexity index is 1260. The third-order valence-corrected chi connectivity index (χ3v) is 7.33. The highest BCUT2D eigenvalue weighted by molar-refractivity contribution is 5.97. The van der Waals surface area contributed by atoms with Crippen molar-refractivity contribution in [3.63, 3.8) is 0 Å². The van der Waals surface area contributed by atoms with Crippen molar-refractivity contribution in [3.05, 3.63) is 53.3 Å². The van der Waals surface area contributed by atoms with Crippen LogP contribution in [0.15, 0.2) is 36.4 Å². The van der Waals surface area contributed by atoms with Crippen LogP contribution in [0.2, 0.25) is 0 Å². The van der Waals surface area contributed by atoms with E-state index in [0.717, 1.165) is 30.8 Å². The number of piperidine rings is 1. The number of rotatable bonds is 8. The number of nitriles is 1. The van der Waals surface area contributed by atoms with E-state index in [0.29, 0.717) is 41.5 Å². The van der Waals surface area contributed by atoms with Crippen molar-refractivity contribution in [2.24, 2.45) is 5.92 Å². The summed E-state index contributed by atoms with van der Waals surface area (Å²) in [5, 5.41) is 19.6. The SMILES string of the molecule is CC(C)(F)CN1CCC(COc2ccc(-c3ccc(C(=O)N4CC(O)CC4C([NH3+])=O)c(F)c3)cc2C#N)CC1. The maximum atomic E-state index is 15.0. The maximum Gasteiger partial charge on any atom is 0.331 e. The van der Waals surface area contributed by atoms with Crippen molar-refractivity contribution >= 4 is 11.8 Å². The van der Waals surface area contributed by atoms with Gasteiger partial charge in [-0.1, -0.05) is 12.1 Å². The molecule has 2 atom stereocenters. The minimum absolute atomic E-state index is 0.0617. The number of benzene rings is 2. The number of carbonyl (C=O) groups is 2. The summed E-state index contributed by atoms with van der Waals surface area (Å²) in [5.74, 6) is -1.20. The molecule has 0 aromatic heterocycles. The third kappa shape index (κ3) is 6.98. The van der Waals surface area contributed by atoms with Crippen molar-refractivity contribution in [2.45, 2.75) is 50.9 Å². The van der Waals surface area contributed by atoms with E-state index in [1.54, 1.807) is 38.1 Å². The molecule has 2 aliphatic rings. The van der Waals surface area contributed by atoms with Crippen LogP contribution in [-0.4, -0.2) is 77.3 Å². The van der Waals surface area contributed by atoms with Crippen molar-refractivity contribution < 1.29 is 33.9 Å². The smallest absolute Gasteiger partial charge is 0.331 e. The van der Waals surface area contributed by atoms with E-state index in [2.05, 4.69) is 16.7 Å². The summed E-state index contributed by atoms with van der Waals surface area (Å²) in [6, 6.07) is 10.4. The van der Waals surface area contributed by atoms with Crippen molar-refractivity contribution in [1.29, 1.82) is 5.26 Å². The molecule has 2 aromatic rings. The summed E-state index contributed by atoms with van der Waals surface area (Å²) in [4.78, 5) is 28.0. The second-order valence-electron chi connectivity index (χ2n) is 11.1. The second-order valence-corrected chi connectivity index (χ2v) is 11.1. The van der Waals surface area contributed by atoms with Crippen LogP contribution in [0, 0.1) is 23.1 Å². The largest absolute Gasteiger partial charge is 0.492 e. The number of amides is 2. The van der Waals surface area contributed by atoms with Crippen LogP contribution in [0.25, 0.3) is 11.1 Å². The summed E-state index contributed by atoms with van der Waals surface area (Å²) in [6.45, 7) is 5.58. The molecular weight excluding hydrogens is 506 g/mol. The molecule has 2 saturated heterocycles. The van der Waals surface area contributed by atoms with Gasteiger partial charge in [-0.25, -0.2) is 13.6 Å². The van der Waals surface area contributed by atoms with E-state index in [1.807, 2.05) is 0 Å². The van der Waals surface area contributed by atoms with E-state index in [-0.39, 0.29) is 18.5 Å². The van der Waals surface area contributed by atoms with E-state index in [1.165, 1.54) is 12.1 Å². The Morgan fingerprint density at radius 2 is 1.85 bits per heavy atom. The summed E-state index contributed by atoms with van der Waals surface area (Å²) in [7, 11) is 0. The molecule has 2 unspecified atom stereocenters.